The van der Waals surface area contributed by atoms with Crippen molar-refractivity contribution in [3.05, 3.63) is 40.2 Å². The molecule has 8 nitrogen and oxygen atoms in total. The van der Waals surface area contributed by atoms with Crippen molar-refractivity contribution in [2.75, 3.05) is 18.0 Å². The van der Waals surface area contributed by atoms with Crippen molar-refractivity contribution in [1.29, 1.82) is 0 Å². The quantitative estimate of drug-likeness (QED) is 0.675. The number of carbonyl (C=O) groups excluding carboxylic acids is 2. The van der Waals surface area contributed by atoms with E-state index in [4.69, 9.17) is 11.6 Å². The van der Waals surface area contributed by atoms with Gasteiger partial charge in [-0.05, 0) is 56.7 Å². The molecular weight excluding hydrogens is 461 g/mol. The molecule has 12 heteroatoms. The predicted octanol–water partition coefficient (Wildman–Crippen LogP) is 3.78. The fourth-order valence-electron chi connectivity index (χ4n) is 4.23. The Hall–Kier alpha value is -2.82. The normalized spacial score (nSPS) is 21.2. The first kappa shape index (κ1) is 23.3. The van der Waals surface area contributed by atoms with Gasteiger partial charge < -0.3 is 10.6 Å². The first-order valence-corrected chi connectivity index (χ1v) is 11.1. The van der Waals surface area contributed by atoms with E-state index in [9.17, 15) is 22.8 Å². The number of hydrogen-bond acceptors (Lipinski definition) is 4. The number of carbonyl (C=O) groups is 2. The summed E-state index contributed by atoms with van der Waals surface area (Å²) in [6.07, 6.45) is -1.51. The Morgan fingerprint density at radius 1 is 1.27 bits per heavy atom. The Kier molecular flexibility index (Phi) is 6.51. The highest BCUT2D eigenvalue weighted by Crippen LogP contribution is 2.32. The van der Waals surface area contributed by atoms with Gasteiger partial charge in [0.1, 0.15) is 5.82 Å². The number of anilines is 1. The van der Waals surface area contributed by atoms with Gasteiger partial charge in [-0.15, -0.1) is 5.10 Å². The summed E-state index contributed by atoms with van der Waals surface area (Å²) in [4.78, 5) is 30.3. The van der Waals surface area contributed by atoms with E-state index in [0.717, 1.165) is 36.9 Å². The zero-order valence-electron chi connectivity index (χ0n) is 18.0. The summed E-state index contributed by atoms with van der Waals surface area (Å²) in [5.41, 5.74) is -1.08. The van der Waals surface area contributed by atoms with Crippen molar-refractivity contribution >= 4 is 29.5 Å². The van der Waals surface area contributed by atoms with Crippen LogP contribution in [0.4, 0.5) is 23.9 Å². The molecule has 1 aliphatic carbocycles. The van der Waals surface area contributed by atoms with Gasteiger partial charge in [0.05, 0.1) is 16.1 Å². The SMILES string of the molecule is Cc1nc(N2CCNC2=O)nn1C[C@H]1CC[C@H](NC(=O)c2cc(C(F)(F)F)ccc2Cl)CC1. The summed E-state index contributed by atoms with van der Waals surface area (Å²) < 4.78 is 40.7. The molecule has 1 aromatic carbocycles. The lowest BCUT2D eigenvalue weighted by Gasteiger charge is -2.29. The van der Waals surface area contributed by atoms with Crippen LogP contribution in [0.2, 0.25) is 5.02 Å². The molecule has 1 saturated heterocycles. The van der Waals surface area contributed by atoms with E-state index in [1.54, 1.807) is 4.68 Å². The number of urea groups is 1. The highest BCUT2D eigenvalue weighted by molar-refractivity contribution is 6.33. The average Bonchev–Trinajstić information content (AvgIpc) is 3.34. The fraction of sp³-hybridized carbons (Fsp3) is 0.524. The second kappa shape index (κ2) is 9.20. The minimum absolute atomic E-state index is 0.0154. The Bertz CT molecular complexity index is 1050. The van der Waals surface area contributed by atoms with Crippen molar-refractivity contribution in [3.8, 4) is 0 Å². The summed E-state index contributed by atoms with van der Waals surface area (Å²) in [5.74, 6) is 0.826. The number of amides is 3. The van der Waals surface area contributed by atoms with Crippen LogP contribution in [0.5, 0.6) is 0 Å². The van der Waals surface area contributed by atoms with Crippen molar-refractivity contribution in [3.63, 3.8) is 0 Å². The molecule has 178 valence electrons. The lowest BCUT2D eigenvalue weighted by Crippen LogP contribution is -2.38. The van der Waals surface area contributed by atoms with E-state index >= 15 is 0 Å². The summed E-state index contributed by atoms with van der Waals surface area (Å²) in [5, 5.41) is 10.0. The minimum Gasteiger partial charge on any atom is -0.349 e. The minimum atomic E-state index is -4.55. The van der Waals surface area contributed by atoms with E-state index in [1.807, 2.05) is 6.92 Å². The number of rotatable bonds is 5. The van der Waals surface area contributed by atoms with Gasteiger partial charge in [-0.3, -0.25) is 9.69 Å². The molecular formula is C21H24ClF3N6O2. The molecule has 0 spiro atoms. The predicted molar refractivity (Wildman–Crippen MR) is 115 cm³/mol. The third kappa shape index (κ3) is 5.23. The molecule has 0 unspecified atom stereocenters. The van der Waals surface area contributed by atoms with Gasteiger partial charge in [0.25, 0.3) is 11.9 Å². The van der Waals surface area contributed by atoms with Crippen LogP contribution < -0.4 is 15.5 Å². The van der Waals surface area contributed by atoms with E-state index < -0.39 is 17.6 Å². The molecule has 2 aromatic rings. The van der Waals surface area contributed by atoms with Crippen LogP contribution >= 0.6 is 11.6 Å². The Morgan fingerprint density at radius 2 is 2.00 bits per heavy atom. The van der Waals surface area contributed by atoms with Crippen molar-refractivity contribution in [2.45, 2.75) is 51.4 Å². The van der Waals surface area contributed by atoms with Crippen LogP contribution in [0.1, 0.15) is 47.4 Å². The molecule has 0 radical (unpaired) electrons. The van der Waals surface area contributed by atoms with E-state index in [0.29, 0.717) is 44.3 Å². The molecule has 33 heavy (non-hydrogen) atoms. The van der Waals surface area contributed by atoms with Crippen LogP contribution in [0.15, 0.2) is 18.2 Å². The zero-order chi connectivity index (χ0) is 23.8. The number of halogens is 4. The number of nitrogens with one attached hydrogen (secondary N) is 2. The van der Waals surface area contributed by atoms with Crippen molar-refractivity contribution in [1.82, 2.24) is 25.4 Å². The van der Waals surface area contributed by atoms with Gasteiger partial charge in [-0.2, -0.15) is 18.2 Å². The van der Waals surface area contributed by atoms with E-state index in [2.05, 4.69) is 20.7 Å². The van der Waals surface area contributed by atoms with Gasteiger partial charge >= 0.3 is 12.2 Å². The van der Waals surface area contributed by atoms with E-state index in [1.165, 1.54) is 4.90 Å². The van der Waals surface area contributed by atoms with Gasteiger partial charge in [0.15, 0.2) is 0 Å². The molecule has 2 heterocycles. The summed E-state index contributed by atoms with van der Waals surface area (Å²) in [6, 6.07) is 2.40. The van der Waals surface area contributed by atoms with Crippen LogP contribution in [-0.4, -0.2) is 45.8 Å². The average molecular weight is 485 g/mol. The molecule has 2 aliphatic rings. The topological polar surface area (TPSA) is 92.2 Å². The molecule has 1 aliphatic heterocycles. The molecule has 1 aromatic heterocycles. The largest absolute Gasteiger partial charge is 0.416 e. The number of nitrogens with zero attached hydrogens (tertiary/aromatic N) is 4. The summed E-state index contributed by atoms with van der Waals surface area (Å²) in [7, 11) is 0. The molecule has 2 N–H and O–H groups in total. The first-order valence-electron chi connectivity index (χ1n) is 10.8. The number of benzene rings is 1. The number of alkyl halides is 3. The number of hydrogen-bond donors (Lipinski definition) is 2. The second-order valence-electron chi connectivity index (χ2n) is 8.41. The van der Waals surface area contributed by atoms with Crippen LogP contribution in [-0.2, 0) is 12.7 Å². The zero-order valence-corrected chi connectivity index (χ0v) is 18.7. The van der Waals surface area contributed by atoms with Crippen LogP contribution in [0, 0.1) is 12.8 Å². The van der Waals surface area contributed by atoms with Crippen LogP contribution in [0.25, 0.3) is 0 Å². The lowest BCUT2D eigenvalue weighted by atomic mass is 9.86. The molecule has 1 saturated carbocycles. The summed E-state index contributed by atoms with van der Waals surface area (Å²) >= 11 is 5.97. The summed E-state index contributed by atoms with van der Waals surface area (Å²) in [6.45, 7) is 3.58. The molecule has 4 rings (SSSR count). The Morgan fingerprint density at radius 3 is 2.64 bits per heavy atom. The first-order chi connectivity index (χ1) is 15.6. The maximum Gasteiger partial charge on any atom is 0.416 e. The lowest BCUT2D eigenvalue weighted by molar-refractivity contribution is -0.137. The number of aryl methyl sites for hydroxylation is 1. The molecule has 3 amide bonds. The number of aromatic nitrogens is 3. The highest BCUT2D eigenvalue weighted by atomic mass is 35.5. The van der Waals surface area contributed by atoms with Crippen molar-refractivity contribution in [2.24, 2.45) is 5.92 Å². The Labute approximate surface area is 193 Å². The second-order valence-corrected chi connectivity index (χ2v) is 8.82. The maximum atomic E-state index is 13.0. The smallest absolute Gasteiger partial charge is 0.349 e. The Balaban J connectivity index is 1.32. The maximum absolute atomic E-state index is 13.0. The standard InChI is InChI=1S/C21H24ClF3N6O2/c1-12-27-19(30-9-8-26-20(30)33)29-31(12)11-13-2-5-15(6-3-13)28-18(32)16-10-14(21(23,24)25)4-7-17(16)22/h4,7,10,13,15H,2-3,5-6,8-9,11H2,1H3,(H,26,33)(H,28,32)/t13-,15-. The van der Waals surface area contributed by atoms with Gasteiger partial charge in [-0.1, -0.05) is 11.6 Å². The van der Waals surface area contributed by atoms with Gasteiger partial charge in [0, 0.05) is 25.7 Å². The highest BCUT2D eigenvalue weighted by Gasteiger charge is 2.32. The third-order valence-electron chi connectivity index (χ3n) is 6.10. The molecule has 0 atom stereocenters. The molecule has 2 fully saturated rings. The van der Waals surface area contributed by atoms with E-state index in [-0.39, 0.29) is 22.7 Å². The molecule has 0 bridgehead atoms. The van der Waals surface area contributed by atoms with Gasteiger partial charge in [0.2, 0.25) is 0 Å². The fourth-order valence-corrected chi connectivity index (χ4v) is 4.43. The third-order valence-corrected chi connectivity index (χ3v) is 6.42. The monoisotopic (exact) mass is 484 g/mol. The van der Waals surface area contributed by atoms with Crippen LogP contribution in [0.3, 0.4) is 0 Å². The van der Waals surface area contributed by atoms with Gasteiger partial charge in [-0.25, -0.2) is 9.48 Å². The van der Waals surface area contributed by atoms with Crippen molar-refractivity contribution < 1.29 is 22.8 Å².